The molecule has 0 bridgehead atoms. The van der Waals surface area contributed by atoms with Crippen LogP contribution in [0.2, 0.25) is 0 Å². The van der Waals surface area contributed by atoms with Crippen LogP contribution in [0.3, 0.4) is 0 Å². The average Bonchev–Trinajstić information content (AvgIpc) is 2.96. The fraction of sp³-hybridized carbons (Fsp3) is 0.333. The van der Waals surface area contributed by atoms with E-state index in [0.717, 1.165) is 27.5 Å². The van der Waals surface area contributed by atoms with Gasteiger partial charge >= 0.3 is 0 Å². The number of thiazole rings is 1. The van der Waals surface area contributed by atoms with E-state index in [4.69, 9.17) is 17.0 Å². The van der Waals surface area contributed by atoms with Crippen LogP contribution in [0, 0.1) is 18.6 Å². The molecular weight excluding hydrogens is 302 g/mol. The van der Waals surface area contributed by atoms with Crippen LogP contribution >= 0.6 is 23.6 Å². The Balaban J connectivity index is 2.23. The maximum Gasteiger partial charge on any atom is 0.178 e. The number of aryl methyl sites for hydroxylation is 2. The van der Waals surface area contributed by atoms with Gasteiger partial charge in [0.05, 0.1) is 34.2 Å². The summed E-state index contributed by atoms with van der Waals surface area (Å²) in [4.78, 5) is 9.03. The molecule has 3 rings (SSSR count). The monoisotopic (exact) mass is 319 g/mol. The molecule has 0 spiro atoms. The number of imidazole rings is 1. The molecule has 0 saturated heterocycles. The van der Waals surface area contributed by atoms with Crippen LogP contribution in [0.25, 0.3) is 11.0 Å². The largest absolute Gasteiger partial charge is 0.494 e. The van der Waals surface area contributed by atoms with Gasteiger partial charge < -0.3 is 14.3 Å². The third-order valence-electron chi connectivity index (χ3n) is 3.64. The summed E-state index contributed by atoms with van der Waals surface area (Å²) in [6, 6.07) is 6.12. The molecule has 0 aliphatic heterocycles. The van der Waals surface area contributed by atoms with Crippen molar-refractivity contribution in [1.82, 2.24) is 14.5 Å². The lowest BCUT2D eigenvalue weighted by Gasteiger charge is -2.14. The minimum Gasteiger partial charge on any atom is -0.494 e. The van der Waals surface area contributed by atoms with Gasteiger partial charge in [-0.15, -0.1) is 11.3 Å². The van der Waals surface area contributed by atoms with Gasteiger partial charge in [-0.25, -0.2) is 4.98 Å². The highest BCUT2D eigenvalue weighted by Crippen LogP contribution is 2.32. The van der Waals surface area contributed by atoms with E-state index in [0.29, 0.717) is 4.77 Å². The molecule has 0 amide bonds. The number of ether oxygens (including phenoxy) is 1. The molecule has 4 nitrogen and oxygen atoms in total. The molecule has 6 heteroatoms. The van der Waals surface area contributed by atoms with E-state index in [1.54, 1.807) is 18.4 Å². The number of aromatic amines is 1. The van der Waals surface area contributed by atoms with Crippen LogP contribution in [0.4, 0.5) is 0 Å². The Morgan fingerprint density at radius 1 is 1.38 bits per heavy atom. The fourth-order valence-corrected chi connectivity index (χ4v) is 4.06. The number of aromatic nitrogens is 3. The first kappa shape index (κ1) is 14.3. The Morgan fingerprint density at radius 2 is 2.14 bits per heavy atom. The van der Waals surface area contributed by atoms with Crippen LogP contribution in [-0.2, 0) is 0 Å². The number of para-hydroxylation sites is 1. The SMILES string of the molecule is COc1cccc2c1[nH]c(=S)n2C(C)c1sc(C)nc1C. The number of hydrogen-bond donors (Lipinski definition) is 1. The molecule has 3 aromatic rings. The molecule has 2 aromatic heterocycles. The zero-order valence-corrected chi connectivity index (χ0v) is 14.1. The maximum atomic E-state index is 5.52. The molecular formula is C15H17N3OS2. The van der Waals surface area contributed by atoms with Crippen molar-refractivity contribution >= 4 is 34.6 Å². The van der Waals surface area contributed by atoms with Crippen molar-refractivity contribution in [3.8, 4) is 5.75 Å². The summed E-state index contributed by atoms with van der Waals surface area (Å²) in [6.45, 7) is 6.24. The summed E-state index contributed by atoms with van der Waals surface area (Å²) < 4.78 is 8.24. The molecule has 1 aromatic carbocycles. The van der Waals surface area contributed by atoms with Gasteiger partial charge in [-0.05, 0) is 45.1 Å². The van der Waals surface area contributed by atoms with Crippen LogP contribution in [-0.4, -0.2) is 21.6 Å². The lowest BCUT2D eigenvalue weighted by molar-refractivity contribution is 0.419. The minimum atomic E-state index is 0.143. The summed E-state index contributed by atoms with van der Waals surface area (Å²) in [6.07, 6.45) is 0. The summed E-state index contributed by atoms with van der Waals surface area (Å²) in [5.41, 5.74) is 3.07. The molecule has 110 valence electrons. The standard InChI is InChI=1S/C15H17N3OS2/c1-8-14(21-10(3)16-8)9(2)18-11-6-5-7-12(19-4)13(11)17-15(18)20/h5-7,9H,1-4H3,(H,17,20). The minimum absolute atomic E-state index is 0.143. The lowest BCUT2D eigenvalue weighted by atomic mass is 10.2. The molecule has 0 fully saturated rings. The second kappa shape index (κ2) is 5.27. The lowest BCUT2D eigenvalue weighted by Crippen LogP contribution is -2.06. The Hall–Kier alpha value is -1.66. The number of methoxy groups -OCH3 is 1. The van der Waals surface area contributed by atoms with Gasteiger partial charge in [0, 0.05) is 0 Å². The highest BCUT2D eigenvalue weighted by Gasteiger charge is 2.19. The number of nitrogens with one attached hydrogen (secondary N) is 1. The molecule has 1 N–H and O–H groups in total. The topological polar surface area (TPSA) is 42.8 Å². The number of benzene rings is 1. The first-order valence-corrected chi connectivity index (χ1v) is 7.96. The van der Waals surface area contributed by atoms with Gasteiger partial charge in [-0.1, -0.05) is 6.07 Å². The van der Waals surface area contributed by atoms with Gasteiger partial charge in [0.1, 0.15) is 11.3 Å². The predicted octanol–water partition coefficient (Wildman–Crippen LogP) is 4.39. The van der Waals surface area contributed by atoms with Crippen LogP contribution in [0.15, 0.2) is 18.2 Å². The van der Waals surface area contributed by atoms with Crippen molar-refractivity contribution < 1.29 is 4.74 Å². The number of nitrogens with zero attached hydrogens (tertiary/aromatic N) is 2. The van der Waals surface area contributed by atoms with Crippen LogP contribution < -0.4 is 4.74 Å². The molecule has 0 aliphatic carbocycles. The fourth-order valence-electron chi connectivity index (χ4n) is 2.73. The molecule has 0 radical (unpaired) electrons. The third-order valence-corrected chi connectivity index (χ3v) is 5.18. The van der Waals surface area contributed by atoms with Crippen molar-refractivity contribution in [2.45, 2.75) is 26.8 Å². The van der Waals surface area contributed by atoms with E-state index in [1.807, 2.05) is 26.0 Å². The average molecular weight is 319 g/mol. The second-order valence-electron chi connectivity index (χ2n) is 5.01. The highest BCUT2D eigenvalue weighted by atomic mass is 32.1. The third kappa shape index (κ3) is 2.28. The normalized spacial score (nSPS) is 12.8. The van der Waals surface area contributed by atoms with E-state index >= 15 is 0 Å². The van der Waals surface area contributed by atoms with Gasteiger partial charge in [0.25, 0.3) is 0 Å². The quantitative estimate of drug-likeness (QED) is 0.728. The molecule has 0 saturated carbocycles. The summed E-state index contributed by atoms with van der Waals surface area (Å²) in [5.74, 6) is 0.807. The van der Waals surface area contributed by atoms with Crippen LogP contribution in [0.1, 0.15) is 28.5 Å². The zero-order chi connectivity index (χ0) is 15.1. The summed E-state index contributed by atoms with van der Waals surface area (Å²) >= 11 is 7.25. The summed E-state index contributed by atoms with van der Waals surface area (Å²) in [5, 5.41) is 1.08. The van der Waals surface area contributed by atoms with Crippen molar-refractivity contribution in [2.24, 2.45) is 0 Å². The van der Waals surface area contributed by atoms with Gasteiger partial charge in [-0.3, -0.25) is 0 Å². The van der Waals surface area contributed by atoms with E-state index in [9.17, 15) is 0 Å². The van der Waals surface area contributed by atoms with E-state index in [1.165, 1.54) is 4.88 Å². The number of H-pyrrole nitrogens is 1. The van der Waals surface area contributed by atoms with Crippen LogP contribution in [0.5, 0.6) is 5.75 Å². The van der Waals surface area contributed by atoms with E-state index in [-0.39, 0.29) is 6.04 Å². The Labute approximate surface area is 132 Å². The number of hydrogen-bond acceptors (Lipinski definition) is 4. The highest BCUT2D eigenvalue weighted by molar-refractivity contribution is 7.71. The van der Waals surface area contributed by atoms with Gasteiger partial charge in [0.2, 0.25) is 0 Å². The smallest absolute Gasteiger partial charge is 0.178 e. The first-order valence-electron chi connectivity index (χ1n) is 6.74. The van der Waals surface area contributed by atoms with E-state index < -0.39 is 0 Å². The zero-order valence-electron chi connectivity index (χ0n) is 12.4. The Kier molecular flexibility index (Phi) is 3.59. The first-order chi connectivity index (χ1) is 10.0. The van der Waals surface area contributed by atoms with Gasteiger partial charge in [-0.2, -0.15) is 0 Å². The van der Waals surface area contributed by atoms with Crippen molar-refractivity contribution in [2.75, 3.05) is 7.11 Å². The second-order valence-corrected chi connectivity index (χ2v) is 6.63. The molecule has 21 heavy (non-hydrogen) atoms. The maximum absolute atomic E-state index is 5.52. The number of fused-ring (bicyclic) bond motifs is 1. The van der Waals surface area contributed by atoms with Crippen molar-refractivity contribution in [3.05, 3.63) is 38.5 Å². The van der Waals surface area contributed by atoms with Crippen molar-refractivity contribution in [3.63, 3.8) is 0 Å². The molecule has 1 unspecified atom stereocenters. The Bertz CT molecular complexity index is 860. The summed E-state index contributed by atoms with van der Waals surface area (Å²) in [7, 11) is 1.67. The predicted molar refractivity (Wildman–Crippen MR) is 89.1 cm³/mol. The molecule has 1 atom stereocenters. The van der Waals surface area contributed by atoms with Gasteiger partial charge in [0.15, 0.2) is 4.77 Å². The molecule has 0 aliphatic rings. The number of rotatable bonds is 3. The Morgan fingerprint density at radius 3 is 2.76 bits per heavy atom. The van der Waals surface area contributed by atoms with Crippen molar-refractivity contribution in [1.29, 1.82) is 0 Å². The molecule has 2 heterocycles. The van der Waals surface area contributed by atoms with E-state index in [2.05, 4.69) is 27.5 Å².